The Morgan fingerprint density at radius 3 is 3.05 bits per heavy atom. The number of pyridine rings is 1. The number of carbonyl (C=O) groups is 1. The highest BCUT2D eigenvalue weighted by Gasteiger charge is 2.10. The largest absolute Gasteiger partial charge is 0.348 e. The molecule has 0 fully saturated rings. The summed E-state index contributed by atoms with van der Waals surface area (Å²) in [6.07, 6.45) is 6.68. The van der Waals surface area contributed by atoms with Crippen LogP contribution in [0.15, 0.2) is 30.9 Å². The second kappa shape index (κ2) is 6.50. The third-order valence-corrected chi connectivity index (χ3v) is 2.60. The Kier molecular flexibility index (Phi) is 4.47. The van der Waals surface area contributed by atoms with Gasteiger partial charge in [0.2, 0.25) is 0 Å². The first-order valence-electron chi connectivity index (χ1n) is 6.09. The summed E-state index contributed by atoms with van der Waals surface area (Å²) < 4.78 is 1.69. The zero-order valence-electron chi connectivity index (χ0n) is 11.1. The van der Waals surface area contributed by atoms with Crippen LogP contribution in [0.1, 0.15) is 21.5 Å². The predicted octanol–water partition coefficient (Wildman–Crippen LogP) is 0.0553. The quantitative estimate of drug-likeness (QED) is 0.771. The van der Waals surface area contributed by atoms with E-state index in [1.165, 1.54) is 0 Å². The van der Waals surface area contributed by atoms with Crippen molar-refractivity contribution >= 4 is 5.91 Å². The Morgan fingerprint density at radius 1 is 1.50 bits per heavy atom. The van der Waals surface area contributed by atoms with E-state index in [1.54, 1.807) is 29.3 Å². The van der Waals surface area contributed by atoms with E-state index in [2.05, 4.69) is 27.2 Å². The van der Waals surface area contributed by atoms with Crippen molar-refractivity contribution in [1.29, 1.82) is 0 Å². The standard InChI is InChI=1S/C14H15N5O/c1-19-10-11(8-18-19)7-17-14(20)13-4-6-16-9-12(13)3-2-5-15/h4,6,8-10H,5,7,15H2,1H3,(H,17,20). The molecule has 0 saturated carbocycles. The van der Waals surface area contributed by atoms with Crippen LogP contribution >= 0.6 is 0 Å². The Morgan fingerprint density at radius 2 is 2.35 bits per heavy atom. The molecule has 0 aromatic carbocycles. The first-order chi connectivity index (χ1) is 9.70. The summed E-state index contributed by atoms with van der Waals surface area (Å²) in [7, 11) is 1.83. The van der Waals surface area contributed by atoms with Gasteiger partial charge in [0.25, 0.3) is 5.91 Å². The van der Waals surface area contributed by atoms with E-state index in [9.17, 15) is 4.79 Å². The summed E-state index contributed by atoms with van der Waals surface area (Å²) in [5, 5.41) is 6.87. The lowest BCUT2D eigenvalue weighted by Crippen LogP contribution is -2.23. The Hall–Kier alpha value is -2.65. The number of nitrogens with zero attached hydrogens (tertiary/aromatic N) is 3. The number of hydrogen-bond acceptors (Lipinski definition) is 4. The highest BCUT2D eigenvalue weighted by molar-refractivity contribution is 5.96. The van der Waals surface area contributed by atoms with Crippen LogP contribution in [0, 0.1) is 11.8 Å². The molecule has 0 aliphatic rings. The molecule has 2 aromatic heterocycles. The Balaban J connectivity index is 2.09. The van der Waals surface area contributed by atoms with Gasteiger partial charge in [0.1, 0.15) is 0 Å². The maximum Gasteiger partial charge on any atom is 0.252 e. The zero-order valence-corrected chi connectivity index (χ0v) is 11.1. The van der Waals surface area contributed by atoms with Gasteiger partial charge in [0, 0.05) is 37.7 Å². The van der Waals surface area contributed by atoms with Crippen LogP contribution in [0.4, 0.5) is 0 Å². The second-order valence-corrected chi connectivity index (χ2v) is 4.13. The summed E-state index contributed by atoms with van der Waals surface area (Å²) in [5.74, 6) is 5.37. The van der Waals surface area contributed by atoms with Gasteiger partial charge in [-0.2, -0.15) is 5.10 Å². The molecular formula is C14H15N5O. The molecule has 2 heterocycles. The van der Waals surface area contributed by atoms with Crippen molar-refractivity contribution in [1.82, 2.24) is 20.1 Å². The molecule has 2 aromatic rings. The van der Waals surface area contributed by atoms with Crippen LogP contribution in [0.25, 0.3) is 0 Å². The molecule has 0 bridgehead atoms. The highest BCUT2D eigenvalue weighted by atomic mass is 16.1. The number of aryl methyl sites for hydroxylation is 1. The van der Waals surface area contributed by atoms with Gasteiger partial charge in [-0.3, -0.25) is 14.5 Å². The Labute approximate surface area is 117 Å². The van der Waals surface area contributed by atoms with Crippen molar-refractivity contribution in [3.63, 3.8) is 0 Å². The van der Waals surface area contributed by atoms with Gasteiger partial charge in [-0.05, 0) is 6.07 Å². The van der Waals surface area contributed by atoms with Crippen LogP contribution in [-0.2, 0) is 13.6 Å². The summed E-state index contributed by atoms with van der Waals surface area (Å²) in [6, 6.07) is 1.64. The van der Waals surface area contributed by atoms with Crippen molar-refractivity contribution < 1.29 is 4.79 Å². The zero-order chi connectivity index (χ0) is 14.4. The van der Waals surface area contributed by atoms with Crippen LogP contribution in [0.2, 0.25) is 0 Å². The molecule has 0 radical (unpaired) electrons. The lowest BCUT2D eigenvalue weighted by molar-refractivity contribution is 0.0950. The number of carbonyl (C=O) groups excluding carboxylic acids is 1. The fourth-order valence-corrected chi connectivity index (χ4v) is 1.68. The number of nitrogens with one attached hydrogen (secondary N) is 1. The maximum atomic E-state index is 12.1. The molecule has 1 amide bonds. The first kappa shape index (κ1) is 13.8. The summed E-state index contributed by atoms with van der Waals surface area (Å²) in [5.41, 5.74) is 7.33. The topological polar surface area (TPSA) is 85.8 Å². The van der Waals surface area contributed by atoms with Crippen LogP contribution < -0.4 is 11.1 Å². The summed E-state index contributed by atoms with van der Waals surface area (Å²) in [6.45, 7) is 0.657. The smallest absolute Gasteiger partial charge is 0.252 e. The number of nitrogens with two attached hydrogens (primary N) is 1. The minimum atomic E-state index is -0.197. The molecule has 0 saturated heterocycles. The molecular weight excluding hydrogens is 254 g/mol. The minimum Gasteiger partial charge on any atom is -0.348 e. The lowest BCUT2D eigenvalue weighted by atomic mass is 10.1. The third kappa shape index (κ3) is 3.43. The van der Waals surface area contributed by atoms with E-state index in [0.717, 1.165) is 5.56 Å². The van der Waals surface area contributed by atoms with E-state index < -0.39 is 0 Å². The van der Waals surface area contributed by atoms with Crippen molar-refractivity contribution in [3.8, 4) is 11.8 Å². The predicted molar refractivity (Wildman–Crippen MR) is 74.5 cm³/mol. The van der Waals surface area contributed by atoms with Gasteiger partial charge in [0.15, 0.2) is 0 Å². The van der Waals surface area contributed by atoms with E-state index in [1.807, 2.05) is 13.2 Å². The molecule has 0 spiro atoms. The molecule has 0 aliphatic heterocycles. The summed E-state index contributed by atoms with van der Waals surface area (Å²) >= 11 is 0. The number of aromatic nitrogens is 3. The monoisotopic (exact) mass is 269 g/mol. The van der Waals surface area contributed by atoms with Crippen molar-refractivity contribution in [2.75, 3.05) is 6.54 Å². The molecule has 0 atom stereocenters. The molecule has 20 heavy (non-hydrogen) atoms. The van der Waals surface area contributed by atoms with Gasteiger partial charge in [-0.15, -0.1) is 0 Å². The molecule has 3 N–H and O–H groups in total. The molecule has 102 valence electrons. The first-order valence-corrected chi connectivity index (χ1v) is 6.09. The van der Waals surface area contributed by atoms with Gasteiger partial charge < -0.3 is 11.1 Å². The molecule has 0 aliphatic carbocycles. The van der Waals surface area contributed by atoms with Gasteiger partial charge >= 0.3 is 0 Å². The third-order valence-electron chi connectivity index (χ3n) is 2.60. The SMILES string of the molecule is Cn1cc(CNC(=O)c2ccncc2C#CCN)cn1. The fourth-order valence-electron chi connectivity index (χ4n) is 1.68. The van der Waals surface area contributed by atoms with Crippen LogP contribution in [-0.4, -0.2) is 27.2 Å². The highest BCUT2D eigenvalue weighted by Crippen LogP contribution is 2.06. The lowest BCUT2D eigenvalue weighted by Gasteiger charge is -2.05. The van der Waals surface area contributed by atoms with Gasteiger partial charge in [0.05, 0.1) is 23.9 Å². The van der Waals surface area contributed by atoms with Crippen LogP contribution in [0.3, 0.4) is 0 Å². The molecule has 0 unspecified atom stereocenters. The fraction of sp³-hybridized carbons (Fsp3) is 0.214. The number of amides is 1. The maximum absolute atomic E-state index is 12.1. The molecule has 6 nitrogen and oxygen atoms in total. The van der Waals surface area contributed by atoms with Crippen LogP contribution in [0.5, 0.6) is 0 Å². The molecule has 2 rings (SSSR count). The number of rotatable bonds is 3. The average Bonchev–Trinajstić information content (AvgIpc) is 2.88. The van der Waals surface area contributed by atoms with E-state index >= 15 is 0 Å². The van der Waals surface area contributed by atoms with E-state index in [4.69, 9.17) is 5.73 Å². The van der Waals surface area contributed by atoms with Gasteiger partial charge in [-0.1, -0.05) is 11.8 Å². The van der Waals surface area contributed by atoms with Crippen molar-refractivity contribution in [2.45, 2.75) is 6.54 Å². The Bertz CT molecular complexity index is 665. The van der Waals surface area contributed by atoms with Crippen molar-refractivity contribution in [3.05, 3.63) is 47.5 Å². The van der Waals surface area contributed by atoms with Gasteiger partial charge in [-0.25, -0.2) is 0 Å². The van der Waals surface area contributed by atoms with E-state index in [-0.39, 0.29) is 12.5 Å². The van der Waals surface area contributed by atoms with Crippen molar-refractivity contribution in [2.24, 2.45) is 12.8 Å². The summed E-state index contributed by atoms with van der Waals surface area (Å²) in [4.78, 5) is 16.1. The second-order valence-electron chi connectivity index (χ2n) is 4.13. The van der Waals surface area contributed by atoms with E-state index in [0.29, 0.717) is 17.7 Å². The number of hydrogen-bond donors (Lipinski definition) is 2. The normalized spacial score (nSPS) is 9.70. The minimum absolute atomic E-state index is 0.197. The molecule has 6 heteroatoms. The average molecular weight is 269 g/mol.